The largest absolute Gasteiger partial charge is 0.478 e. The number of ketones is 1. The zero-order valence-corrected chi connectivity index (χ0v) is 17.6. The van der Waals surface area contributed by atoms with Gasteiger partial charge in [0, 0.05) is 18.7 Å². The third kappa shape index (κ3) is 5.15. The maximum Gasteiger partial charge on any atom is 0.339 e. The molecule has 8 nitrogen and oxygen atoms in total. The molecule has 30 heavy (non-hydrogen) atoms. The summed E-state index contributed by atoms with van der Waals surface area (Å²) >= 11 is 0. The molecule has 160 valence electrons. The molecule has 1 saturated heterocycles. The van der Waals surface area contributed by atoms with Crippen LogP contribution in [0.25, 0.3) is 0 Å². The number of hydrogen-bond donors (Lipinski definition) is 2. The molecule has 1 aromatic heterocycles. The van der Waals surface area contributed by atoms with Gasteiger partial charge in [-0.25, -0.2) is 18.2 Å². The van der Waals surface area contributed by atoms with Crippen molar-refractivity contribution in [1.29, 1.82) is 0 Å². The maximum atomic E-state index is 12.7. The van der Waals surface area contributed by atoms with Crippen molar-refractivity contribution in [2.24, 2.45) is 0 Å². The highest BCUT2D eigenvalue weighted by atomic mass is 32.2. The van der Waals surface area contributed by atoms with Gasteiger partial charge in [0.1, 0.15) is 11.4 Å². The molecule has 1 fully saturated rings. The Morgan fingerprint density at radius 2 is 1.63 bits per heavy atom. The normalized spacial score (nSPS) is 15.2. The van der Waals surface area contributed by atoms with E-state index in [0.29, 0.717) is 11.4 Å². The van der Waals surface area contributed by atoms with Crippen LogP contribution in [-0.2, 0) is 10.0 Å². The van der Waals surface area contributed by atoms with Crippen LogP contribution in [-0.4, -0.2) is 43.4 Å². The number of rotatable bonds is 6. The van der Waals surface area contributed by atoms with Gasteiger partial charge in [-0.15, -0.1) is 0 Å². The van der Waals surface area contributed by atoms with Gasteiger partial charge in [-0.1, -0.05) is 31.4 Å². The molecule has 0 aliphatic carbocycles. The number of hydrogen-bond acceptors (Lipinski definition) is 6. The molecule has 0 radical (unpaired) electrons. The van der Waals surface area contributed by atoms with Gasteiger partial charge in [0.15, 0.2) is 5.78 Å². The van der Waals surface area contributed by atoms with Crippen LogP contribution in [0.2, 0.25) is 0 Å². The Morgan fingerprint density at radius 1 is 1.03 bits per heavy atom. The van der Waals surface area contributed by atoms with Gasteiger partial charge in [-0.05, 0) is 38.0 Å². The van der Waals surface area contributed by atoms with Crippen molar-refractivity contribution < 1.29 is 23.1 Å². The second-order valence-corrected chi connectivity index (χ2v) is 9.02. The summed E-state index contributed by atoms with van der Waals surface area (Å²) in [6.45, 7) is 2.84. The summed E-state index contributed by atoms with van der Waals surface area (Å²) in [6, 6.07) is 6.83. The van der Waals surface area contributed by atoms with Gasteiger partial charge in [0.05, 0.1) is 16.8 Å². The molecular formula is C21H25N3O5S. The first-order valence-corrected chi connectivity index (χ1v) is 11.4. The zero-order chi connectivity index (χ0) is 21.7. The van der Waals surface area contributed by atoms with Crippen LogP contribution in [0.4, 0.5) is 11.5 Å². The van der Waals surface area contributed by atoms with E-state index in [1.165, 1.54) is 49.9 Å². The fourth-order valence-electron chi connectivity index (χ4n) is 3.46. The maximum absolute atomic E-state index is 12.7. The van der Waals surface area contributed by atoms with Crippen molar-refractivity contribution in [3.8, 4) is 0 Å². The molecule has 0 saturated carbocycles. The molecule has 0 atom stereocenters. The van der Waals surface area contributed by atoms with Gasteiger partial charge in [0.25, 0.3) is 10.0 Å². The van der Waals surface area contributed by atoms with Gasteiger partial charge < -0.3 is 10.0 Å². The van der Waals surface area contributed by atoms with Crippen molar-refractivity contribution in [3.63, 3.8) is 0 Å². The first-order valence-electron chi connectivity index (χ1n) is 9.90. The standard InChI is InChI=1S/C21H25N3O5S/c1-15(25)16-7-9-18(10-8-16)30(28,29)23-17-13-19(21(26)27)20(22-14-17)24-11-5-3-2-4-6-12-24/h7-10,13-14,23H,2-6,11-12H2,1H3,(H,26,27). The molecule has 1 aliphatic heterocycles. The summed E-state index contributed by atoms with van der Waals surface area (Å²) in [6.07, 6.45) is 6.64. The summed E-state index contributed by atoms with van der Waals surface area (Å²) < 4.78 is 27.7. The molecule has 0 unspecified atom stereocenters. The van der Waals surface area contributed by atoms with Crippen molar-refractivity contribution in [3.05, 3.63) is 47.7 Å². The van der Waals surface area contributed by atoms with E-state index in [-0.39, 0.29) is 21.9 Å². The highest BCUT2D eigenvalue weighted by Gasteiger charge is 2.21. The SMILES string of the molecule is CC(=O)c1ccc(S(=O)(=O)Nc2cnc(N3CCCCCCC3)c(C(=O)O)c2)cc1. The van der Waals surface area contributed by atoms with Crippen LogP contribution >= 0.6 is 0 Å². The van der Waals surface area contributed by atoms with Crippen LogP contribution < -0.4 is 9.62 Å². The molecule has 2 heterocycles. The lowest BCUT2D eigenvalue weighted by atomic mass is 10.1. The lowest BCUT2D eigenvalue weighted by Gasteiger charge is -2.27. The first kappa shape index (κ1) is 21.8. The molecule has 2 N–H and O–H groups in total. The van der Waals surface area contributed by atoms with Crippen LogP contribution in [0.1, 0.15) is 59.7 Å². The summed E-state index contributed by atoms with van der Waals surface area (Å²) in [7, 11) is -3.95. The molecular weight excluding hydrogens is 406 g/mol. The lowest BCUT2D eigenvalue weighted by Crippen LogP contribution is -2.29. The van der Waals surface area contributed by atoms with E-state index in [2.05, 4.69) is 9.71 Å². The van der Waals surface area contributed by atoms with Gasteiger partial charge in [0.2, 0.25) is 0 Å². The third-order valence-corrected chi connectivity index (χ3v) is 6.47. The third-order valence-electron chi connectivity index (χ3n) is 5.08. The number of nitrogens with one attached hydrogen (secondary N) is 1. The van der Waals surface area contributed by atoms with E-state index in [9.17, 15) is 23.1 Å². The fourth-order valence-corrected chi connectivity index (χ4v) is 4.50. The second kappa shape index (κ2) is 9.25. The fraction of sp³-hybridized carbons (Fsp3) is 0.381. The minimum absolute atomic E-state index is 0.0304. The number of anilines is 2. The van der Waals surface area contributed by atoms with Crippen LogP contribution in [0.5, 0.6) is 0 Å². The highest BCUT2D eigenvalue weighted by molar-refractivity contribution is 7.92. The van der Waals surface area contributed by atoms with E-state index < -0.39 is 16.0 Å². The molecule has 3 rings (SSSR count). The molecule has 1 aliphatic rings. The van der Waals surface area contributed by atoms with Crippen molar-refractivity contribution >= 4 is 33.3 Å². The number of carboxylic acids is 1. The average molecular weight is 432 g/mol. The average Bonchev–Trinajstić information content (AvgIpc) is 2.68. The van der Waals surface area contributed by atoms with E-state index in [4.69, 9.17) is 0 Å². The van der Waals surface area contributed by atoms with Crippen molar-refractivity contribution in [2.75, 3.05) is 22.7 Å². The Morgan fingerprint density at radius 3 is 2.20 bits per heavy atom. The van der Waals surface area contributed by atoms with Gasteiger partial charge in [-0.2, -0.15) is 0 Å². The number of aromatic nitrogens is 1. The summed E-state index contributed by atoms with van der Waals surface area (Å²) in [5.41, 5.74) is 0.433. The minimum atomic E-state index is -3.95. The Kier molecular flexibility index (Phi) is 6.71. The van der Waals surface area contributed by atoms with E-state index in [0.717, 1.165) is 38.8 Å². The number of aromatic carboxylic acids is 1. The molecule has 2 aromatic rings. The summed E-state index contributed by atoms with van der Waals surface area (Å²) in [5, 5.41) is 9.67. The number of pyridine rings is 1. The Bertz CT molecular complexity index is 1030. The Balaban J connectivity index is 1.86. The zero-order valence-electron chi connectivity index (χ0n) is 16.8. The number of sulfonamides is 1. The molecule has 9 heteroatoms. The lowest BCUT2D eigenvalue weighted by molar-refractivity contribution is 0.0697. The number of carboxylic acid groups (broad SMARTS) is 1. The molecule has 0 bridgehead atoms. The quantitative estimate of drug-likeness (QED) is 0.672. The molecule has 1 aromatic carbocycles. The van der Waals surface area contributed by atoms with E-state index in [1.807, 2.05) is 4.90 Å². The Hall–Kier alpha value is -2.94. The van der Waals surface area contributed by atoms with Crippen LogP contribution in [0.15, 0.2) is 41.4 Å². The van der Waals surface area contributed by atoms with Crippen molar-refractivity contribution in [1.82, 2.24) is 4.98 Å². The second-order valence-electron chi connectivity index (χ2n) is 7.34. The predicted octanol–water partition coefficient (Wildman–Crippen LogP) is 3.55. The van der Waals surface area contributed by atoms with Crippen LogP contribution in [0.3, 0.4) is 0 Å². The minimum Gasteiger partial charge on any atom is -0.478 e. The first-order chi connectivity index (χ1) is 14.3. The number of nitrogens with zero attached hydrogens (tertiary/aromatic N) is 2. The monoisotopic (exact) mass is 431 g/mol. The summed E-state index contributed by atoms with van der Waals surface area (Å²) in [5.74, 6) is -0.966. The smallest absolute Gasteiger partial charge is 0.339 e. The summed E-state index contributed by atoms with van der Waals surface area (Å²) in [4.78, 5) is 29.4. The Labute approximate surface area is 176 Å². The number of carbonyl (C=O) groups is 2. The highest BCUT2D eigenvalue weighted by Crippen LogP contribution is 2.25. The van der Waals surface area contributed by atoms with E-state index in [1.54, 1.807) is 0 Å². The topological polar surface area (TPSA) is 117 Å². The van der Waals surface area contributed by atoms with E-state index >= 15 is 0 Å². The van der Waals surface area contributed by atoms with Gasteiger partial charge >= 0.3 is 5.97 Å². The molecule has 0 spiro atoms. The number of Topliss-reactive ketones (excluding diaryl/α,β-unsaturated/α-hetero) is 1. The van der Waals surface area contributed by atoms with Crippen molar-refractivity contribution in [2.45, 2.75) is 43.9 Å². The van der Waals surface area contributed by atoms with Crippen LogP contribution in [0, 0.1) is 0 Å². The number of carbonyl (C=O) groups excluding carboxylic acids is 1. The van der Waals surface area contributed by atoms with Gasteiger partial charge in [-0.3, -0.25) is 9.52 Å². The predicted molar refractivity (Wildman–Crippen MR) is 114 cm³/mol. The molecule has 0 amide bonds. The number of benzene rings is 1.